The highest BCUT2D eigenvalue weighted by Gasteiger charge is 2.12. The molecule has 0 unspecified atom stereocenters. The zero-order chi connectivity index (χ0) is 10.0. The van der Waals surface area contributed by atoms with E-state index in [2.05, 4.69) is 4.74 Å². The maximum absolute atomic E-state index is 13.2. The maximum atomic E-state index is 13.2. The van der Waals surface area contributed by atoms with Gasteiger partial charge in [0.05, 0.1) is 12.7 Å². The van der Waals surface area contributed by atoms with E-state index in [4.69, 9.17) is 7.85 Å². The maximum Gasteiger partial charge on any atom is 0.338 e. The van der Waals surface area contributed by atoms with Gasteiger partial charge in [-0.2, -0.15) is 0 Å². The summed E-state index contributed by atoms with van der Waals surface area (Å²) in [5.74, 6) is -1.13. The third-order valence-electron chi connectivity index (χ3n) is 1.82. The van der Waals surface area contributed by atoms with Crippen LogP contribution in [0.25, 0.3) is 0 Å². The molecule has 66 valence electrons. The number of carbonyl (C=O) groups is 1. The molecule has 0 N–H and O–H groups in total. The van der Waals surface area contributed by atoms with Crippen LogP contribution in [-0.4, -0.2) is 20.9 Å². The Morgan fingerprint density at radius 2 is 2.15 bits per heavy atom. The number of hydrogen-bond acceptors (Lipinski definition) is 2. The molecule has 0 aliphatic rings. The van der Waals surface area contributed by atoms with Crippen molar-refractivity contribution in [2.24, 2.45) is 0 Å². The highest BCUT2D eigenvalue weighted by atomic mass is 19.1. The van der Waals surface area contributed by atoms with Gasteiger partial charge in [0, 0.05) is 0 Å². The minimum absolute atomic E-state index is 0.0325. The second kappa shape index (κ2) is 3.60. The van der Waals surface area contributed by atoms with E-state index in [1.165, 1.54) is 26.2 Å². The predicted octanol–water partition coefficient (Wildman–Crippen LogP) is 0.715. The highest BCUT2D eigenvalue weighted by molar-refractivity contribution is 6.32. The predicted molar refractivity (Wildman–Crippen MR) is 47.9 cm³/mol. The minimum atomic E-state index is -0.567. The molecule has 2 radical (unpaired) electrons. The van der Waals surface area contributed by atoms with Gasteiger partial charge in [-0.3, -0.25) is 0 Å². The first kappa shape index (κ1) is 9.77. The fraction of sp³-hybridized carbons (Fsp3) is 0.222. The Labute approximate surface area is 77.1 Å². The first-order valence-corrected chi connectivity index (χ1v) is 3.70. The van der Waals surface area contributed by atoms with Gasteiger partial charge in [-0.05, 0) is 18.6 Å². The second-order valence-corrected chi connectivity index (χ2v) is 2.63. The summed E-state index contributed by atoms with van der Waals surface area (Å²) in [5, 5.41) is 0. The van der Waals surface area contributed by atoms with E-state index in [0.29, 0.717) is 0 Å². The molecule has 2 nitrogen and oxygen atoms in total. The molecule has 0 amide bonds. The summed E-state index contributed by atoms with van der Waals surface area (Å²) < 4.78 is 17.6. The lowest BCUT2D eigenvalue weighted by molar-refractivity contribution is 0.0599. The Hall–Kier alpha value is -1.32. The molecule has 0 atom stereocenters. The zero-order valence-electron chi connectivity index (χ0n) is 7.43. The molecule has 0 bridgehead atoms. The van der Waals surface area contributed by atoms with Gasteiger partial charge < -0.3 is 4.74 Å². The first-order valence-electron chi connectivity index (χ1n) is 3.70. The lowest BCUT2D eigenvalue weighted by atomic mass is 9.91. The number of esters is 1. The largest absolute Gasteiger partial charge is 0.465 e. The number of methoxy groups -OCH3 is 1. The van der Waals surface area contributed by atoms with Crippen molar-refractivity contribution in [2.45, 2.75) is 6.92 Å². The van der Waals surface area contributed by atoms with E-state index in [9.17, 15) is 9.18 Å². The Balaban J connectivity index is 3.26. The van der Waals surface area contributed by atoms with Crippen LogP contribution in [-0.2, 0) is 4.74 Å². The van der Waals surface area contributed by atoms with Gasteiger partial charge in [-0.15, -0.1) is 0 Å². The average Bonchev–Trinajstić information content (AvgIpc) is 2.13. The summed E-state index contributed by atoms with van der Waals surface area (Å²) in [7, 11) is 6.55. The van der Waals surface area contributed by atoms with Gasteiger partial charge >= 0.3 is 5.97 Å². The molecule has 0 saturated heterocycles. The van der Waals surface area contributed by atoms with Gasteiger partial charge in [-0.25, -0.2) is 9.18 Å². The van der Waals surface area contributed by atoms with Gasteiger partial charge in [0.2, 0.25) is 0 Å². The number of hydrogen-bond donors (Lipinski definition) is 0. The molecule has 1 aromatic rings. The number of ether oxygens (including phenoxy) is 1. The van der Waals surface area contributed by atoms with Crippen LogP contribution >= 0.6 is 0 Å². The Morgan fingerprint density at radius 3 is 2.69 bits per heavy atom. The third-order valence-corrected chi connectivity index (χ3v) is 1.82. The van der Waals surface area contributed by atoms with E-state index in [0.717, 1.165) is 0 Å². The number of halogens is 1. The van der Waals surface area contributed by atoms with Gasteiger partial charge in [0.1, 0.15) is 13.7 Å². The van der Waals surface area contributed by atoms with E-state index in [1.807, 2.05) is 0 Å². The lowest BCUT2D eigenvalue weighted by Crippen LogP contribution is -2.14. The molecule has 4 heteroatoms. The normalized spacial score (nSPS) is 9.77. The van der Waals surface area contributed by atoms with Crippen molar-refractivity contribution in [1.82, 2.24) is 0 Å². The average molecular weight is 178 g/mol. The van der Waals surface area contributed by atoms with Gasteiger partial charge in [-0.1, -0.05) is 11.5 Å². The van der Waals surface area contributed by atoms with Crippen molar-refractivity contribution in [1.29, 1.82) is 0 Å². The van der Waals surface area contributed by atoms with Crippen LogP contribution in [0.1, 0.15) is 15.9 Å². The van der Waals surface area contributed by atoms with Crippen LogP contribution in [0.4, 0.5) is 4.39 Å². The van der Waals surface area contributed by atoms with Gasteiger partial charge in [0.25, 0.3) is 0 Å². The highest BCUT2D eigenvalue weighted by Crippen LogP contribution is 2.10. The van der Waals surface area contributed by atoms with E-state index < -0.39 is 11.8 Å². The smallest absolute Gasteiger partial charge is 0.338 e. The van der Waals surface area contributed by atoms with Crippen molar-refractivity contribution >= 4 is 19.3 Å². The van der Waals surface area contributed by atoms with Crippen LogP contribution in [0.3, 0.4) is 0 Å². The molecule has 0 aromatic heterocycles. The summed E-state index contributed by atoms with van der Waals surface area (Å²) in [5.41, 5.74) is 0.450. The summed E-state index contributed by atoms with van der Waals surface area (Å²) in [6, 6.07) is 2.79. The fourth-order valence-corrected chi connectivity index (χ4v) is 1.04. The Kier molecular flexibility index (Phi) is 2.71. The lowest BCUT2D eigenvalue weighted by Gasteiger charge is -2.06. The molecular formula is C9H8BFO2. The SMILES string of the molecule is [B]c1ccc(C(=O)OC)c(C)c1F. The van der Waals surface area contributed by atoms with Crippen molar-refractivity contribution < 1.29 is 13.9 Å². The molecule has 0 aliphatic carbocycles. The Bertz CT molecular complexity index is 350. The van der Waals surface area contributed by atoms with Crippen molar-refractivity contribution in [3.63, 3.8) is 0 Å². The molecule has 13 heavy (non-hydrogen) atoms. The van der Waals surface area contributed by atoms with E-state index in [1.54, 1.807) is 0 Å². The quantitative estimate of drug-likeness (QED) is 0.467. The van der Waals surface area contributed by atoms with Crippen LogP contribution in [0.15, 0.2) is 12.1 Å². The van der Waals surface area contributed by atoms with E-state index >= 15 is 0 Å². The summed E-state index contributed by atoms with van der Waals surface area (Å²) in [6.45, 7) is 1.48. The topological polar surface area (TPSA) is 26.3 Å². The van der Waals surface area contributed by atoms with E-state index in [-0.39, 0.29) is 16.6 Å². The molecular weight excluding hydrogens is 170 g/mol. The van der Waals surface area contributed by atoms with Crippen LogP contribution < -0.4 is 5.46 Å². The summed E-state index contributed by atoms with van der Waals surface area (Å²) in [4.78, 5) is 11.1. The zero-order valence-corrected chi connectivity index (χ0v) is 7.43. The van der Waals surface area contributed by atoms with Crippen molar-refractivity contribution in [2.75, 3.05) is 7.11 Å². The van der Waals surface area contributed by atoms with Crippen LogP contribution in [0, 0.1) is 12.7 Å². The minimum Gasteiger partial charge on any atom is -0.465 e. The van der Waals surface area contributed by atoms with Crippen molar-refractivity contribution in [3.05, 3.63) is 29.1 Å². The number of carbonyl (C=O) groups excluding carboxylic acids is 1. The van der Waals surface area contributed by atoms with Gasteiger partial charge in [0.15, 0.2) is 0 Å². The standard InChI is InChI=1S/C9H8BFO2/c1-5-6(9(12)13-2)3-4-7(10)8(5)11/h3-4H,1-2H3. The fourth-order valence-electron chi connectivity index (χ4n) is 1.04. The molecule has 1 rings (SSSR count). The molecule has 1 aromatic carbocycles. The molecule has 0 fully saturated rings. The van der Waals surface area contributed by atoms with Crippen LogP contribution in [0.5, 0.6) is 0 Å². The molecule has 0 heterocycles. The summed E-state index contributed by atoms with van der Waals surface area (Å²) in [6.07, 6.45) is 0. The monoisotopic (exact) mass is 178 g/mol. The van der Waals surface area contributed by atoms with Crippen molar-refractivity contribution in [3.8, 4) is 0 Å². The molecule has 0 aliphatic heterocycles. The molecule has 0 spiro atoms. The Morgan fingerprint density at radius 1 is 1.54 bits per heavy atom. The second-order valence-electron chi connectivity index (χ2n) is 2.63. The number of benzene rings is 1. The third kappa shape index (κ3) is 1.71. The van der Waals surface area contributed by atoms with Crippen LogP contribution in [0.2, 0.25) is 0 Å². The number of rotatable bonds is 1. The first-order chi connectivity index (χ1) is 6.07. The summed E-state index contributed by atoms with van der Waals surface area (Å²) >= 11 is 0. The molecule has 0 saturated carbocycles.